The number of anilines is 1. The quantitative estimate of drug-likeness (QED) is 0.858. The normalized spacial score (nSPS) is 10.9. The van der Waals surface area contributed by atoms with Crippen LogP contribution in [0.5, 0.6) is 5.75 Å². The SMILES string of the molecule is COc1cc(C=O)c(Br)cc1NS(C)(=O)=O. The van der Waals surface area contributed by atoms with E-state index in [4.69, 9.17) is 4.74 Å². The number of aldehydes is 1. The molecular weight excluding hydrogens is 298 g/mol. The molecule has 1 N–H and O–H groups in total. The van der Waals surface area contributed by atoms with E-state index in [1.807, 2.05) is 0 Å². The van der Waals surface area contributed by atoms with Gasteiger partial charge in [-0.1, -0.05) is 0 Å². The maximum absolute atomic E-state index is 11.1. The van der Waals surface area contributed by atoms with E-state index in [1.54, 1.807) is 0 Å². The molecule has 16 heavy (non-hydrogen) atoms. The summed E-state index contributed by atoms with van der Waals surface area (Å²) in [6.07, 6.45) is 1.69. The number of benzene rings is 1. The summed E-state index contributed by atoms with van der Waals surface area (Å²) in [7, 11) is -1.99. The lowest BCUT2D eigenvalue weighted by Gasteiger charge is -2.11. The summed E-state index contributed by atoms with van der Waals surface area (Å²) < 4.78 is 29.9. The van der Waals surface area contributed by atoms with Crippen molar-refractivity contribution in [3.63, 3.8) is 0 Å². The number of sulfonamides is 1. The zero-order chi connectivity index (χ0) is 12.3. The summed E-state index contributed by atoms with van der Waals surface area (Å²) in [5.74, 6) is 0.288. The molecule has 0 radical (unpaired) electrons. The van der Waals surface area contributed by atoms with Crippen molar-refractivity contribution < 1.29 is 17.9 Å². The van der Waals surface area contributed by atoms with Crippen molar-refractivity contribution in [2.75, 3.05) is 18.1 Å². The molecule has 0 saturated carbocycles. The molecule has 0 bridgehead atoms. The van der Waals surface area contributed by atoms with Crippen LogP contribution in [-0.2, 0) is 10.0 Å². The zero-order valence-corrected chi connectivity index (χ0v) is 11.1. The maximum atomic E-state index is 11.1. The van der Waals surface area contributed by atoms with Gasteiger partial charge in [0.05, 0.1) is 19.1 Å². The van der Waals surface area contributed by atoms with E-state index >= 15 is 0 Å². The molecule has 0 saturated heterocycles. The van der Waals surface area contributed by atoms with Crippen LogP contribution in [0.25, 0.3) is 0 Å². The molecule has 0 aliphatic carbocycles. The minimum atomic E-state index is -3.39. The molecule has 0 atom stereocenters. The summed E-state index contributed by atoms with van der Waals surface area (Å²) in [6.45, 7) is 0. The van der Waals surface area contributed by atoms with E-state index in [2.05, 4.69) is 20.7 Å². The first kappa shape index (κ1) is 13.0. The highest BCUT2D eigenvalue weighted by Crippen LogP contribution is 2.31. The molecule has 0 unspecified atom stereocenters. The standard InChI is InChI=1S/C9H10BrNO4S/c1-15-9-3-6(5-12)7(10)4-8(9)11-16(2,13)14/h3-5,11H,1-2H3. The van der Waals surface area contributed by atoms with Crippen LogP contribution >= 0.6 is 15.9 Å². The second-order valence-electron chi connectivity index (χ2n) is 3.07. The number of ether oxygens (including phenoxy) is 1. The van der Waals surface area contributed by atoms with Gasteiger partial charge in [0.15, 0.2) is 6.29 Å². The van der Waals surface area contributed by atoms with E-state index < -0.39 is 10.0 Å². The van der Waals surface area contributed by atoms with Gasteiger partial charge in [0.25, 0.3) is 0 Å². The van der Waals surface area contributed by atoms with Gasteiger partial charge in [0, 0.05) is 10.0 Å². The minimum Gasteiger partial charge on any atom is -0.495 e. The van der Waals surface area contributed by atoms with Crippen LogP contribution in [0.3, 0.4) is 0 Å². The van der Waals surface area contributed by atoms with E-state index in [0.29, 0.717) is 16.3 Å². The number of hydrogen-bond donors (Lipinski definition) is 1. The van der Waals surface area contributed by atoms with Gasteiger partial charge in [0.2, 0.25) is 10.0 Å². The van der Waals surface area contributed by atoms with Crippen molar-refractivity contribution in [3.8, 4) is 5.75 Å². The average molecular weight is 308 g/mol. The molecule has 0 aliphatic rings. The molecule has 0 spiro atoms. The van der Waals surface area contributed by atoms with Crippen LogP contribution in [0.1, 0.15) is 10.4 Å². The lowest BCUT2D eigenvalue weighted by atomic mass is 10.2. The third-order valence-corrected chi connectivity index (χ3v) is 3.02. The molecule has 1 aromatic carbocycles. The predicted octanol–water partition coefficient (Wildman–Crippen LogP) is 1.64. The highest BCUT2D eigenvalue weighted by molar-refractivity contribution is 9.10. The lowest BCUT2D eigenvalue weighted by Crippen LogP contribution is -2.10. The Hall–Kier alpha value is -1.08. The number of carbonyl (C=O) groups excluding carboxylic acids is 1. The third kappa shape index (κ3) is 3.21. The van der Waals surface area contributed by atoms with Crippen molar-refractivity contribution in [1.29, 1.82) is 0 Å². The van der Waals surface area contributed by atoms with Crippen molar-refractivity contribution in [2.24, 2.45) is 0 Å². The van der Waals surface area contributed by atoms with Gasteiger partial charge in [-0.15, -0.1) is 0 Å². The van der Waals surface area contributed by atoms with E-state index in [0.717, 1.165) is 6.26 Å². The Morgan fingerprint density at radius 2 is 2.06 bits per heavy atom. The van der Waals surface area contributed by atoms with Gasteiger partial charge < -0.3 is 4.74 Å². The summed E-state index contributed by atoms with van der Waals surface area (Å²) in [5, 5.41) is 0. The molecule has 0 heterocycles. The number of hydrogen-bond acceptors (Lipinski definition) is 4. The summed E-state index contributed by atoms with van der Waals surface area (Å²) in [5.41, 5.74) is 0.665. The fourth-order valence-electron chi connectivity index (χ4n) is 1.11. The first-order chi connectivity index (χ1) is 7.37. The van der Waals surface area contributed by atoms with Crippen LogP contribution < -0.4 is 9.46 Å². The van der Waals surface area contributed by atoms with Crippen LogP contribution in [0.2, 0.25) is 0 Å². The van der Waals surface area contributed by atoms with Crippen LogP contribution in [0.4, 0.5) is 5.69 Å². The first-order valence-corrected chi connectivity index (χ1v) is 6.86. The van der Waals surface area contributed by atoms with Gasteiger partial charge in [-0.05, 0) is 28.1 Å². The van der Waals surface area contributed by atoms with Crippen molar-refractivity contribution in [3.05, 3.63) is 22.2 Å². The highest BCUT2D eigenvalue weighted by atomic mass is 79.9. The second-order valence-corrected chi connectivity index (χ2v) is 5.67. The number of rotatable bonds is 4. The van der Waals surface area contributed by atoms with Crippen LogP contribution in [0.15, 0.2) is 16.6 Å². The van der Waals surface area contributed by atoms with Crippen molar-refractivity contribution in [2.45, 2.75) is 0 Å². The van der Waals surface area contributed by atoms with Gasteiger partial charge in [0.1, 0.15) is 5.75 Å². The Morgan fingerprint density at radius 3 is 2.50 bits per heavy atom. The molecule has 5 nitrogen and oxygen atoms in total. The largest absolute Gasteiger partial charge is 0.495 e. The molecule has 1 rings (SSSR count). The van der Waals surface area contributed by atoms with E-state index in [1.165, 1.54) is 19.2 Å². The Balaban J connectivity index is 3.28. The van der Waals surface area contributed by atoms with Crippen LogP contribution in [-0.4, -0.2) is 28.1 Å². The molecule has 0 aromatic heterocycles. The molecule has 0 fully saturated rings. The van der Waals surface area contributed by atoms with E-state index in [9.17, 15) is 13.2 Å². The monoisotopic (exact) mass is 307 g/mol. The predicted molar refractivity (Wildman–Crippen MR) is 64.5 cm³/mol. The molecule has 88 valence electrons. The number of methoxy groups -OCH3 is 1. The topological polar surface area (TPSA) is 72.5 Å². The Morgan fingerprint density at radius 1 is 1.44 bits per heavy atom. The molecule has 0 amide bonds. The van der Waals surface area contributed by atoms with Crippen molar-refractivity contribution in [1.82, 2.24) is 0 Å². The third-order valence-electron chi connectivity index (χ3n) is 1.74. The Labute approximate surface area is 102 Å². The molecule has 0 aliphatic heterocycles. The summed E-state index contributed by atoms with van der Waals surface area (Å²) >= 11 is 3.16. The van der Waals surface area contributed by atoms with Gasteiger partial charge in [-0.3, -0.25) is 9.52 Å². The lowest BCUT2D eigenvalue weighted by molar-refractivity contribution is 0.112. The summed E-state index contributed by atoms with van der Waals surface area (Å²) in [6, 6.07) is 2.92. The highest BCUT2D eigenvalue weighted by Gasteiger charge is 2.11. The van der Waals surface area contributed by atoms with Gasteiger partial charge in [-0.2, -0.15) is 0 Å². The smallest absolute Gasteiger partial charge is 0.229 e. The zero-order valence-electron chi connectivity index (χ0n) is 8.65. The molecular formula is C9H10BrNO4S. The number of halogens is 1. The van der Waals surface area contributed by atoms with Gasteiger partial charge >= 0.3 is 0 Å². The maximum Gasteiger partial charge on any atom is 0.229 e. The fourth-order valence-corrected chi connectivity index (χ4v) is 2.10. The minimum absolute atomic E-state index is 0.280. The molecule has 7 heteroatoms. The Bertz CT molecular complexity index is 512. The first-order valence-electron chi connectivity index (χ1n) is 4.18. The number of carbonyl (C=O) groups is 1. The fraction of sp³-hybridized carbons (Fsp3) is 0.222. The van der Waals surface area contributed by atoms with Gasteiger partial charge in [-0.25, -0.2) is 8.42 Å². The van der Waals surface area contributed by atoms with Crippen LogP contribution in [0, 0.1) is 0 Å². The average Bonchev–Trinajstić information content (AvgIpc) is 2.16. The second kappa shape index (κ2) is 4.84. The number of nitrogens with one attached hydrogen (secondary N) is 1. The van der Waals surface area contributed by atoms with Crippen molar-refractivity contribution >= 4 is 37.9 Å². The molecule has 1 aromatic rings. The Kier molecular flexibility index (Phi) is 3.93. The summed E-state index contributed by atoms with van der Waals surface area (Å²) in [4.78, 5) is 10.7. The van der Waals surface area contributed by atoms with E-state index in [-0.39, 0.29) is 11.4 Å².